The molecule has 1 amide bonds. The molecule has 0 atom stereocenters. The average Bonchev–Trinajstić information content (AvgIpc) is 2.86. The largest absolute Gasteiger partial charge is 0.397 e. The Morgan fingerprint density at radius 3 is 2.43 bits per heavy atom. The van der Waals surface area contributed by atoms with Crippen LogP contribution in [0.2, 0.25) is 0 Å². The first-order chi connectivity index (χ1) is 16.9. The number of para-hydroxylation sites is 2. The number of amides is 1. The van der Waals surface area contributed by atoms with E-state index < -0.39 is 0 Å². The van der Waals surface area contributed by atoms with Gasteiger partial charge < -0.3 is 16.0 Å². The average molecular weight is 469 g/mol. The maximum absolute atomic E-state index is 12.6. The zero-order chi connectivity index (χ0) is 24.8. The summed E-state index contributed by atoms with van der Waals surface area (Å²) in [6.45, 7) is 10.6. The van der Waals surface area contributed by atoms with Crippen LogP contribution in [0.4, 0.5) is 11.4 Å². The molecule has 0 spiro atoms. The van der Waals surface area contributed by atoms with Gasteiger partial charge in [0.15, 0.2) is 0 Å². The smallest absolute Gasteiger partial charge is 0.255 e. The fraction of sp³-hybridized carbons (Fsp3) is 0.321. The topological polar surface area (TPSA) is 98.3 Å². The van der Waals surface area contributed by atoms with Crippen molar-refractivity contribution < 1.29 is 4.79 Å². The standard InChI is InChI=1S/C28H32N6O/c1-20(2)18-33-11-13-34(14-12-33)19-21-15-24(16-29)27(31-17-21)22-7-9-23(10-8-22)28(35)32-26-6-4-3-5-25(26)30/h3-10,15,17,20H,11-14,18-19,30H2,1-2H3,(H,32,35). The molecule has 1 aromatic heterocycles. The maximum atomic E-state index is 12.6. The molecule has 1 saturated heterocycles. The number of rotatable bonds is 7. The zero-order valence-corrected chi connectivity index (χ0v) is 20.4. The molecule has 0 aliphatic carbocycles. The van der Waals surface area contributed by atoms with Crippen LogP contribution in [0.3, 0.4) is 0 Å². The van der Waals surface area contributed by atoms with Crippen LogP contribution >= 0.6 is 0 Å². The minimum atomic E-state index is -0.244. The zero-order valence-electron chi connectivity index (χ0n) is 20.4. The number of hydrogen-bond donors (Lipinski definition) is 2. The number of aromatic nitrogens is 1. The summed E-state index contributed by atoms with van der Waals surface area (Å²) in [5.74, 6) is 0.439. The molecule has 180 valence electrons. The lowest BCUT2D eigenvalue weighted by Gasteiger charge is -2.35. The molecule has 0 radical (unpaired) electrons. The summed E-state index contributed by atoms with van der Waals surface area (Å²) in [5, 5.41) is 12.6. The second kappa shape index (κ2) is 11.1. The molecule has 1 aliphatic rings. The molecule has 7 heteroatoms. The summed E-state index contributed by atoms with van der Waals surface area (Å²) in [5.41, 5.74) is 10.5. The van der Waals surface area contributed by atoms with Gasteiger partial charge in [-0.25, -0.2) is 0 Å². The first-order valence-corrected chi connectivity index (χ1v) is 12.0. The molecule has 1 aliphatic heterocycles. The van der Waals surface area contributed by atoms with Crippen molar-refractivity contribution in [1.82, 2.24) is 14.8 Å². The maximum Gasteiger partial charge on any atom is 0.255 e. The summed E-state index contributed by atoms with van der Waals surface area (Å²) >= 11 is 0. The summed E-state index contributed by atoms with van der Waals surface area (Å²) in [7, 11) is 0. The number of carbonyl (C=O) groups excluding carboxylic acids is 1. The molecule has 0 saturated carbocycles. The molecule has 3 aromatic rings. The normalized spacial score (nSPS) is 14.6. The number of anilines is 2. The molecular weight excluding hydrogens is 436 g/mol. The minimum Gasteiger partial charge on any atom is -0.397 e. The number of nitrogens with zero attached hydrogens (tertiary/aromatic N) is 4. The fourth-order valence-corrected chi connectivity index (χ4v) is 4.40. The quantitative estimate of drug-likeness (QED) is 0.504. The van der Waals surface area contributed by atoms with Crippen LogP contribution in [0.1, 0.15) is 35.3 Å². The van der Waals surface area contributed by atoms with E-state index >= 15 is 0 Å². The summed E-state index contributed by atoms with van der Waals surface area (Å²) < 4.78 is 0. The van der Waals surface area contributed by atoms with Crippen LogP contribution in [0.15, 0.2) is 60.8 Å². The number of carbonyl (C=O) groups is 1. The first kappa shape index (κ1) is 24.4. The van der Waals surface area contributed by atoms with Crippen LogP contribution < -0.4 is 11.1 Å². The van der Waals surface area contributed by atoms with E-state index in [0.717, 1.165) is 50.4 Å². The van der Waals surface area contributed by atoms with Gasteiger partial charge in [0, 0.05) is 56.6 Å². The number of pyridine rings is 1. The van der Waals surface area contributed by atoms with E-state index in [1.54, 1.807) is 24.3 Å². The van der Waals surface area contributed by atoms with Gasteiger partial charge in [0.2, 0.25) is 0 Å². The predicted octanol–water partition coefficient (Wildman–Crippen LogP) is 4.23. The van der Waals surface area contributed by atoms with Crippen molar-refractivity contribution in [3.05, 3.63) is 77.5 Å². The van der Waals surface area contributed by atoms with Gasteiger partial charge in [-0.1, -0.05) is 38.1 Å². The number of piperazine rings is 1. The molecule has 1 fully saturated rings. The van der Waals surface area contributed by atoms with Gasteiger partial charge in [-0.15, -0.1) is 0 Å². The van der Waals surface area contributed by atoms with Gasteiger partial charge in [0.25, 0.3) is 5.91 Å². The second-order valence-electron chi connectivity index (χ2n) is 9.44. The van der Waals surface area contributed by atoms with E-state index in [4.69, 9.17) is 5.73 Å². The van der Waals surface area contributed by atoms with E-state index in [1.165, 1.54) is 0 Å². The van der Waals surface area contributed by atoms with Gasteiger partial charge >= 0.3 is 0 Å². The third kappa shape index (κ3) is 6.24. The molecule has 3 N–H and O–H groups in total. The van der Waals surface area contributed by atoms with E-state index in [9.17, 15) is 10.1 Å². The van der Waals surface area contributed by atoms with E-state index in [0.29, 0.717) is 34.1 Å². The van der Waals surface area contributed by atoms with Crippen LogP contribution in [-0.2, 0) is 6.54 Å². The lowest BCUT2D eigenvalue weighted by Crippen LogP contribution is -2.46. The summed E-state index contributed by atoms with van der Waals surface area (Å²) in [6.07, 6.45) is 1.86. The SMILES string of the molecule is CC(C)CN1CCN(Cc2cnc(-c3ccc(C(=O)Nc4ccccc4N)cc3)c(C#N)c2)CC1. The Morgan fingerprint density at radius 2 is 1.77 bits per heavy atom. The molecule has 7 nitrogen and oxygen atoms in total. The van der Waals surface area contributed by atoms with Crippen molar-refractivity contribution in [2.24, 2.45) is 5.92 Å². The van der Waals surface area contributed by atoms with Crippen LogP contribution in [0.25, 0.3) is 11.3 Å². The number of nitrogen functional groups attached to an aromatic ring is 1. The predicted molar refractivity (Wildman–Crippen MR) is 140 cm³/mol. The molecule has 35 heavy (non-hydrogen) atoms. The molecule has 0 bridgehead atoms. The van der Waals surface area contributed by atoms with Gasteiger partial charge in [-0.05, 0) is 41.8 Å². The molecule has 2 heterocycles. The van der Waals surface area contributed by atoms with E-state index in [1.807, 2.05) is 36.5 Å². The molecule has 4 rings (SSSR count). The Balaban J connectivity index is 1.41. The highest BCUT2D eigenvalue weighted by Crippen LogP contribution is 2.24. The number of nitrogens with one attached hydrogen (secondary N) is 1. The van der Waals surface area contributed by atoms with Crippen molar-refractivity contribution >= 4 is 17.3 Å². The van der Waals surface area contributed by atoms with Gasteiger partial charge in [0.05, 0.1) is 22.6 Å². The third-order valence-electron chi connectivity index (χ3n) is 6.19. The van der Waals surface area contributed by atoms with E-state index in [-0.39, 0.29) is 5.91 Å². The Hall–Kier alpha value is -3.73. The first-order valence-electron chi connectivity index (χ1n) is 12.0. The van der Waals surface area contributed by atoms with Crippen molar-refractivity contribution in [3.8, 4) is 17.3 Å². The Kier molecular flexibility index (Phi) is 7.76. The van der Waals surface area contributed by atoms with Crippen LogP contribution in [0.5, 0.6) is 0 Å². The van der Waals surface area contributed by atoms with Crippen LogP contribution in [-0.4, -0.2) is 53.4 Å². The van der Waals surface area contributed by atoms with Gasteiger partial charge in [0.1, 0.15) is 6.07 Å². The minimum absolute atomic E-state index is 0.244. The Bertz CT molecular complexity index is 1210. The highest BCUT2D eigenvalue weighted by molar-refractivity contribution is 6.05. The van der Waals surface area contributed by atoms with Crippen LogP contribution in [0, 0.1) is 17.2 Å². The number of nitriles is 1. The highest BCUT2D eigenvalue weighted by atomic mass is 16.1. The number of hydrogen-bond acceptors (Lipinski definition) is 6. The van der Waals surface area contributed by atoms with Gasteiger partial charge in [-0.3, -0.25) is 14.7 Å². The van der Waals surface area contributed by atoms with Crippen molar-refractivity contribution in [1.29, 1.82) is 5.26 Å². The molecular formula is C28H32N6O. The molecule has 0 unspecified atom stereocenters. The van der Waals surface area contributed by atoms with Crippen molar-refractivity contribution in [2.45, 2.75) is 20.4 Å². The fourth-order valence-electron chi connectivity index (χ4n) is 4.40. The lowest BCUT2D eigenvalue weighted by molar-refractivity contribution is 0.102. The Morgan fingerprint density at radius 1 is 1.09 bits per heavy atom. The number of benzene rings is 2. The van der Waals surface area contributed by atoms with Gasteiger partial charge in [-0.2, -0.15) is 5.26 Å². The summed E-state index contributed by atoms with van der Waals surface area (Å²) in [4.78, 5) is 22.2. The molecule has 2 aromatic carbocycles. The summed E-state index contributed by atoms with van der Waals surface area (Å²) in [6, 6.07) is 18.5. The lowest BCUT2D eigenvalue weighted by atomic mass is 10.0. The monoisotopic (exact) mass is 468 g/mol. The van der Waals surface area contributed by atoms with E-state index in [2.05, 4.69) is 40.0 Å². The Labute approximate surface area is 207 Å². The van der Waals surface area contributed by atoms with Crippen molar-refractivity contribution in [3.63, 3.8) is 0 Å². The highest BCUT2D eigenvalue weighted by Gasteiger charge is 2.18. The number of nitrogens with two attached hydrogens (primary N) is 1. The second-order valence-corrected chi connectivity index (χ2v) is 9.44. The third-order valence-corrected chi connectivity index (χ3v) is 6.19. The van der Waals surface area contributed by atoms with Crippen molar-refractivity contribution in [2.75, 3.05) is 43.8 Å².